The van der Waals surface area contributed by atoms with Crippen LogP contribution in [-0.2, 0) is 0 Å². The van der Waals surface area contributed by atoms with Gasteiger partial charge in [-0.1, -0.05) is 0 Å². The molecule has 0 saturated carbocycles. The summed E-state index contributed by atoms with van der Waals surface area (Å²) in [7, 11) is 2.22. The predicted molar refractivity (Wildman–Crippen MR) is 53.1 cm³/mol. The highest BCUT2D eigenvalue weighted by molar-refractivity contribution is 4.90. The van der Waals surface area contributed by atoms with Crippen LogP contribution in [0.15, 0.2) is 0 Å². The van der Waals surface area contributed by atoms with E-state index in [0.717, 1.165) is 12.5 Å². The Labute approximate surface area is 76.1 Å². The van der Waals surface area contributed by atoms with Crippen molar-refractivity contribution in [2.24, 2.45) is 11.7 Å². The number of nitrogens with zero attached hydrogens (tertiary/aromatic N) is 1. The summed E-state index contributed by atoms with van der Waals surface area (Å²) >= 11 is 0. The van der Waals surface area contributed by atoms with Crippen molar-refractivity contribution >= 4 is 0 Å². The molecule has 1 heterocycles. The van der Waals surface area contributed by atoms with Gasteiger partial charge in [-0.15, -0.1) is 0 Å². The fourth-order valence-electron chi connectivity index (χ4n) is 2.23. The van der Waals surface area contributed by atoms with Crippen molar-refractivity contribution in [3.8, 4) is 0 Å². The van der Waals surface area contributed by atoms with Gasteiger partial charge in [0.15, 0.2) is 0 Å². The largest absolute Gasteiger partial charge is 0.330 e. The average molecular weight is 170 g/mol. The molecule has 2 N–H and O–H groups in total. The summed E-state index contributed by atoms with van der Waals surface area (Å²) in [5, 5.41) is 0. The minimum absolute atomic E-state index is 0.359. The molecule has 0 aromatic heterocycles. The van der Waals surface area contributed by atoms with Gasteiger partial charge in [0.1, 0.15) is 0 Å². The molecule has 1 saturated heterocycles. The van der Waals surface area contributed by atoms with E-state index in [1.807, 2.05) is 0 Å². The van der Waals surface area contributed by atoms with Crippen molar-refractivity contribution in [3.05, 3.63) is 0 Å². The topological polar surface area (TPSA) is 29.3 Å². The standard InChI is InChI=1S/C10H22N2/c1-10(2)9(6-7-11)5-4-8-12(10)3/h9H,4-8,11H2,1-3H3. The third-order valence-electron chi connectivity index (χ3n) is 3.54. The van der Waals surface area contributed by atoms with Gasteiger partial charge in [0, 0.05) is 5.54 Å². The second kappa shape index (κ2) is 3.75. The molecule has 2 nitrogen and oxygen atoms in total. The third-order valence-corrected chi connectivity index (χ3v) is 3.54. The summed E-state index contributed by atoms with van der Waals surface area (Å²) in [4.78, 5) is 2.47. The van der Waals surface area contributed by atoms with Crippen LogP contribution in [-0.4, -0.2) is 30.6 Å². The van der Waals surface area contributed by atoms with Crippen molar-refractivity contribution in [1.82, 2.24) is 4.90 Å². The third kappa shape index (κ3) is 1.80. The molecule has 1 aliphatic heterocycles. The molecule has 0 spiro atoms. The van der Waals surface area contributed by atoms with Gasteiger partial charge in [0.2, 0.25) is 0 Å². The molecule has 0 radical (unpaired) electrons. The number of piperidine rings is 1. The van der Waals surface area contributed by atoms with Crippen molar-refractivity contribution in [2.45, 2.75) is 38.6 Å². The Bertz CT molecular complexity index is 141. The van der Waals surface area contributed by atoms with E-state index in [9.17, 15) is 0 Å². The van der Waals surface area contributed by atoms with Crippen LogP contribution >= 0.6 is 0 Å². The van der Waals surface area contributed by atoms with Crippen molar-refractivity contribution in [3.63, 3.8) is 0 Å². The van der Waals surface area contributed by atoms with Crippen molar-refractivity contribution in [2.75, 3.05) is 20.1 Å². The second-order valence-corrected chi connectivity index (χ2v) is 4.49. The van der Waals surface area contributed by atoms with Gasteiger partial charge in [0.05, 0.1) is 0 Å². The molecule has 0 amide bonds. The lowest BCUT2D eigenvalue weighted by atomic mass is 9.77. The average Bonchev–Trinajstić information content (AvgIpc) is 2.00. The van der Waals surface area contributed by atoms with Crippen LogP contribution < -0.4 is 5.73 Å². The molecule has 1 rings (SSSR count). The molecular weight excluding hydrogens is 148 g/mol. The number of rotatable bonds is 2. The lowest BCUT2D eigenvalue weighted by molar-refractivity contribution is 0.0420. The van der Waals surface area contributed by atoms with E-state index in [1.54, 1.807) is 0 Å². The molecule has 12 heavy (non-hydrogen) atoms. The Morgan fingerprint density at radius 3 is 2.75 bits per heavy atom. The molecule has 72 valence electrons. The minimum atomic E-state index is 0.359. The number of hydrogen-bond acceptors (Lipinski definition) is 2. The van der Waals surface area contributed by atoms with Crippen LogP contribution in [0.1, 0.15) is 33.1 Å². The number of nitrogens with two attached hydrogens (primary N) is 1. The highest BCUT2D eigenvalue weighted by atomic mass is 15.2. The van der Waals surface area contributed by atoms with Crippen molar-refractivity contribution in [1.29, 1.82) is 0 Å². The van der Waals surface area contributed by atoms with Gasteiger partial charge < -0.3 is 10.6 Å². The van der Waals surface area contributed by atoms with Crippen LogP contribution in [0.2, 0.25) is 0 Å². The fraction of sp³-hybridized carbons (Fsp3) is 1.00. The summed E-state index contributed by atoms with van der Waals surface area (Å²) < 4.78 is 0. The Balaban J connectivity index is 2.59. The lowest BCUT2D eigenvalue weighted by Crippen LogP contribution is -2.51. The first-order valence-corrected chi connectivity index (χ1v) is 5.00. The van der Waals surface area contributed by atoms with E-state index in [-0.39, 0.29) is 0 Å². The van der Waals surface area contributed by atoms with E-state index in [1.165, 1.54) is 25.8 Å². The Kier molecular flexibility index (Phi) is 3.13. The molecule has 0 aliphatic carbocycles. The quantitative estimate of drug-likeness (QED) is 0.680. The Morgan fingerprint density at radius 2 is 2.17 bits per heavy atom. The zero-order chi connectivity index (χ0) is 9.19. The Hall–Kier alpha value is -0.0800. The monoisotopic (exact) mass is 170 g/mol. The minimum Gasteiger partial charge on any atom is -0.330 e. The number of likely N-dealkylation sites (tertiary alicyclic amines) is 1. The molecule has 2 heteroatoms. The number of hydrogen-bond donors (Lipinski definition) is 1. The van der Waals surface area contributed by atoms with Gasteiger partial charge in [-0.3, -0.25) is 0 Å². The summed E-state index contributed by atoms with van der Waals surface area (Å²) in [5.41, 5.74) is 5.97. The maximum Gasteiger partial charge on any atom is 0.0178 e. The normalized spacial score (nSPS) is 30.5. The zero-order valence-corrected chi connectivity index (χ0v) is 8.64. The van der Waals surface area contributed by atoms with E-state index < -0.39 is 0 Å². The van der Waals surface area contributed by atoms with Gasteiger partial charge >= 0.3 is 0 Å². The molecule has 0 bridgehead atoms. The maximum atomic E-state index is 5.61. The van der Waals surface area contributed by atoms with E-state index in [0.29, 0.717) is 5.54 Å². The summed E-state index contributed by atoms with van der Waals surface area (Å²) in [6, 6.07) is 0. The predicted octanol–water partition coefficient (Wildman–Crippen LogP) is 1.46. The molecule has 0 aromatic carbocycles. The van der Waals surface area contributed by atoms with E-state index in [4.69, 9.17) is 5.73 Å². The molecular formula is C10H22N2. The lowest BCUT2D eigenvalue weighted by Gasteiger charge is -2.46. The second-order valence-electron chi connectivity index (χ2n) is 4.49. The summed E-state index contributed by atoms with van der Waals surface area (Å²) in [6.45, 7) is 6.76. The smallest absolute Gasteiger partial charge is 0.0178 e. The van der Waals surface area contributed by atoms with Crippen LogP contribution in [0, 0.1) is 5.92 Å². The van der Waals surface area contributed by atoms with Gasteiger partial charge in [-0.05, 0) is 59.2 Å². The molecule has 1 fully saturated rings. The van der Waals surface area contributed by atoms with E-state index in [2.05, 4.69) is 25.8 Å². The Morgan fingerprint density at radius 1 is 1.50 bits per heavy atom. The highest BCUT2D eigenvalue weighted by Gasteiger charge is 2.35. The summed E-state index contributed by atoms with van der Waals surface area (Å²) in [6.07, 6.45) is 3.87. The van der Waals surface area contributed by atoms with Gasteiger partial charge in [-0.25, -0.2) is 0 Å². The highest BCUT2D eigenvalue weighted by Crippen LogP contribution is 2.33. The molecule has 1 unspecified atom stereocenters. The van der Waals surface area contributed by atoms with Crippen molar-refractivity contribution < 1.29 is 0 Å². The first kappa shape index (κ1) is 10.0. The summed E-state index contributed by atoms with van der Waals surface area (Å²) in [5.74, 6) is 0.793. The van der Waals surface area contributed by atoms with Gasteiger partial charge in [-0.2, -0.15) is 0 Å². The SMILES string of the molecule is CN1CCCC(CCN)C1(C)C. The van der Waals surface area contributed by atoms with E-state index >= 15 is 0 Å². The molecule has 0 aromatic rings. The van der Waals surface area contributed by atoms with Crippen LogP contribution in [0.3, 0.4) is 0 Å². The first-order valence-electron chi connectivity index (χ1n) is 5.00. The fourth-order valence-corrected chi connectivity index (χ4v) is 2.23. The van der Waals surface area contributed by atoms with Crippen LogP contribution in [0.4, 0.5) is 0 Å². The molecule has 1 atom stereocenters. The first-order chi connectivity index (χ1) is 5.59. The van der Waals surface area contributed by atoms with Gasteiger partial charge in [0.25, 0.3) is 0 Å². The zero-order valence-electron chi connectivity index (χ0n) is 8.64. The maximum absolute atomic E-state index is 5.61. The van der Waals surface area contributed by atoms with Crippen LogP contribution in [0.25, 0.3) is 0 Å². The molecule has 1 aliphatic rings. The van der Waals surface area contributed by atoms with Crippen LogP contribution in [0.5, 0.6) is 0 Å².